The van der Waals surface area contributed by atoms with Gasteiger partial charge in [0.25, 0.3) is 11.8 Å². The fourth-order valence-corrected chi connectivity index (χ4v) is 9.43. The summed E-state index contributed by atoms with van der Waals surface area (Å²) >= 11 is 0. The highest BCUT2D eigenvalue weighted by Crippen LogP contribution is 2.45. The summed E-state index contributed by atoms with van der Waals surface area (Å²) < 4.78 is 10.3. The Bertz CT molecular complexity index is 1240. The molecule has 0 aromatic heterocycles. The van der Waals surface area contributed by atoms with Gasteiger partial charge < -0.3 is 29.4 Å². The van der Waals surface area contributed by atoms with Crippen LogP contribution in [0.4, 0.5) is 0 Å². The van der Waals surface area contributed by atoms with Crippen molar-refractivity contribution in [2.24, 2.45) is 11.8 Å². The molecule has 2 amide bonds. The van der Waals surface area contributed by atoms with E-state index in [0.29, 0.717) is 23.0 Å². The lowest BCUT2D eigenvalue weighted by molar-refractivity contribution is -0.533. The molecule has 6 unspecified atom stereocenters. The summed E-state index contributed by atoms with van der Waals surface area (Å²) in [4.78, 5) is 105. The molecular formula is C28H38N4O16S2. The molecule has 20 nitrogen and oxygen atoms in total. The van der Waals surface area contributed by atoms with Crippen LogP contribution in [-0.4, -0.2) is 114 Å². The average molecular weight is 751 g/mol. The lowest BCUT2D eigenvalue weighted by atomic mass is 9.84. The number of aliphatic hydroxyl groups excluding tert-OH is 2. The van der Waals surface area contributed by atoms with Crippen LogP contribution in [0, 0.1) is 32.1 Å². The van der Waals surface area contributed by atoms with E-state index in [1.54, 1.807) is 0 Å². The van der Waals surface area contributed by atoms with E-state index < -0.39 is 108 Å². The van der Waals surface area contributed by atoms with Gasteiger partial charge >= 0.3 is 23.9 Å². The minimum Gasteiger partial charge on any atom is -0.465 e. The monoisotopic (exact) mass is 750 g/mol. The van der Waals surface area contributed by atoms with Gasteiger partial charge in [0.2, 0.25) is 12.1 Å². The molecule has 22 heteroatoms. The molecule has 2 aliphatic carbocycles. The van der Waals surface area contributed by atoms with Crippen LogP contribution < -0.4 is 0 Å². The Morgan fingerprint density at radius 1 is 0.680 bits per heavy atom. The van der Waals surface area contributed by atoms with E-state index in [1.165, 1.54) is 21.6 Å². The van der Waals surface area contributed by atoms with Crippen molar-refractivity contribution in [3.8, 4) is 0 Å². The molecule has 2 saturated heterocycles. The first kappa shape index (κ1) is 39.0. The number of carbonyl (C=O) groups is 6. The highest BCUT2D eigenvalue weighted by Gasteiger charge is 2.46. The Balaban J connectivity index is 1.23. The lowest BCUT2D eigenvalue weighted by Crippen LogP contribution is -2.42. The molecule has 0 spiro atoms. The van der Waals surface area contributed by atoms with Crippen molar-refractivity contribution in [1.82, 2.24) is 10.1 Å². The topological polar surface area (TPSA) is 273 Å². The number of amides is 2. The predicted octanol–water partition coefficient (Wildman–Crippen LogP) is 0.660. The Kier molecular flexibility index (Phi) is 14.0. The third-order valence-electron chi connectivity index (χ3n) is 8.77. The second kappa shape index (κ2) is 17.9. The lowest BCUT2D eigenvalue weighted by Gasteiger charge is -2.32. The highest BCUT2D eigenvalue weighted by atomic mass is 33.1. The van der Waals surface area contributed by atoms with Crippen molar-refractivity contribution in [3.63, 3.8) is 0 Å². The first-order valence-corrected chi connectivity index (χ1v) is 18.4. The SMILES string of the molecule is O=C(CCOC(=O)C1CC(SSC2CCC([N+](=O)[O-])C(C(=O)OCCC(=O)ON3C(=O)CC[C@@H]3O)C2)CCC1[N+](=O)[O-])ON1C(=O)CC[C@H]1O. The quantitative estimate of drug-likeness (QED) is 0.101. The molecule has 2 heterocycles. The molecule has 0 radical (unpaired) electrons. The largest absolute Gasteiger partial charge is 0.465 e. The van der Waals surface area contributed by atoms with Gasteiger partial charge in [0.1, 0.15) is 25.0 Å². The van der Waals surface area contributed by atoms with E-state index in [2.05, 4.69) is 0 Å². The maximum absolute atomic E-state index is 12.9. The van der Waals surface area contributed by atoms with Crippen LogP contribution in [0.25, 0.3) is 0 Å². The van der Waals surface area contributed by atoms with E-state index in [9.17, 15) is 59.2 Å². The van der Waals surface area contributed by atoms with Gasteiger partial charge in [-0.2, -0.15) is 0 Å². The van der Waals surface area contributed by atoms with Gasteiger partial charge in [0, 0.05) is 58.9 Å². The molecule has 278 valence electrons. The number of rotatable bonds is 15. The molecule has 8 atom stereocenters. The third kappa shape index (κ3) is 10.4. The molecule has 2 N–H and O–H groups in total. The molecule has 0 bridgehead atoms. The summed E-state index contributed by atoms with van der Waals surface area (Å²) in [5, 5.41) is 43.5. The van der Waals surface area contributed by atoms with Crippen molar-refractivity contribution in [2.75, 3.05) is 13.2 Å². The number of esters is 2. The van der Waals surface area contributed by atoms with Crippen LogP contribution in [-0.2, 0) is 47.9 Å². The summed E-state index contributed by atoms with van der Waals surface area (Å²) in [6, 6.07) is -2.41. The number of hydroxylamine groups is 4. The molecule has 50 heavy (non-hydrogen) atoms. The highest BCUT2D eigenvalue weighted by molar-refractivity contribution is 8.77. The third-order valence-corrected chi connectivity index (χ3v) is 12.3. The van der Waals surface area contributed by atoms with Gasteiger partial charge in [-0.1, -0.05) is 21.6 Å². The number of nitrogens with zero attached hydrogens (tertiary/aromatic N) is 4. The van der Waals surface area contributed by atoms with Crippen LogP contribution in [0.5, 0.6) is 0 Å². The number of hydrogen-bond donors (Lipinski definition) is 2. The minimum absolute atomic E-state index is 0.00962. The van der Waals surface area contributed by atoms with Gasteiger partial charge in [0.15, 0.2) is 12.5 Å². The molecule has 0 aromatic carbocycles. The van der Waals surface area contributed by atoms with Crippen LogP contribution in [0.2, 0.25) is 0 Å². The van der Waals surface area contributed by atoms with E-state index in [-0.39, 0.29) is 61.9 Å². The number of carbonyl (C=O) groups excluding carboxylic acids is 6. The predicted molar refractivity (Wildman–Crippen MR) is 167 cm³/mol. The first-order chi connectivity index (χ1) is 23.7. The fourth-order valence-electron chi connectivity index (χ4n) is 6.09. The molecule has 0 aromatic rings. The van der Waals surface area contributed by atoms with Gasteiger partial charge in [-0.15, -0.1) is 10.1 Å². The first-order valence-electron chi connectivity index (χ1n) is 16.1. The molecule has 2 saturated carbocycles. The van der Waals surface area contributed by atoms with E-state index in [1.807, 2.05) is 0 Å². The summed E-state index contributed by atoms with van der Waals surface area (Å²) in [6.07, 6.45) is -2.05. The zero-order valence-corrected chi connectivity index (χ0v) is 28.4. The number of aliphatic hydroxyl groups is 2. The summed E-state index contributed by atoms with van der Waals surface area (Å²) in [5.74, 6) is -6.96. The zero-order valence-electron chi connectivity index (χ0n) is 26.7. The normalized spacial score (nSPS) is 29.7. The number of ether oxygens (including phenoxy) is 2. The van der Waals surface area contributed by atoms with E-state index in [4.69, 9.17) is 19.1 Å². The molecule has 4 fully saturated rings. The van der Waals surface area contributed by atoms with Gasteiger partial charge in [-0.3, -0.25) is 39.4 Å². The van der Waals surface area contributed by atoms with Crippen molar-refractivity contribution < 1.29 is 68.0 Å². The van der Waals surface area contributed by atoms with Crippen LogP contribution in [0.3, 0.4) is 0 Å². The Morgan fingerprint density at radius 2 is 1.06 bits per heavy atom. The smallest absolute Gasteiger partial charge is 0.336 e. The summed E-state index contributed by atoms with van der Waals surface area (Å²) in [6.45, 7) is -0.911. The Labute approximate surface area is 292 Å². The Morgan fingerprint density at radius 3 is 1.38 bits per heavy atom. The van der Waals surface area contributed by atoms with E-state index in [0.717, 1.165) is 0 Å². The molecule has 2 aliphatic heterocycles. The van der Waals surface area contributed by atoms with Gasteiger partial charge in [-0.05, 0) is 25.7 Å². The second-order valence-electron chi connectivity index (χ2n) is 12.2. The minimum atomic E-state index is -1.26. The number of nitro groups is 2. The molecule has 4 rings (SSSR count). The molecule has 4 aliphatic rings. The van der Waals surface area contributed by atoms with Crippen LogP contribution >= 0.6 is 21.6 Å². The fraction of sp³-hybridized carbons (Fsp3) is 0.786. The van der Waals surface area contributed by atoms with Gasteiger partial charge in [-0.25, -0.2) is 9.59 Å². The standard InChI is InChI=1S/C28H38N4O16S2/c33-21-5-6-22(34)29(21)47-25(37)9-11-45-27(39)17-13-15(1-3-19(17)31(41)42)49-50-16-2-4-20(32(43)44)18(14-16)28(40)46-12-10-26(38)48-30-23(35)7-8-24(30)36/h15-21,23,33,35H,1-14H2/t15?,16?,17?,18?,19?,20?,21-,23+. The Hall–Kier alpha value is -3.76. The summed E-state index contributed by atoms with van der Waals surface area (Å²) in [5.41, 5.74) is 0. The van der Waals surface area contributed by atoms with Crippen LogP contribution in [0.15, 0.2) is 0 Å². The maximum Gasteiger partial charge on any atom is 0.336 e. The maximum atomic E-state index is 12.9. The average Bonchev–Trinajstić information content (AvgIpc) is 3.57. The van der Waals surface area contributed by atoms with E-state index >= 15 is 0 Å². The number of hydrogen-bond acceptors (Lipinski definition) is 18. The van der Waals surface area contributed by atoms with Gasteiger partial charge in [0.05, 0.1) is 12.8 Å². The van der Waals surface area contributed by atoms with Crippen molar-refractivity contribution in [3.05, 3.63) is 20.2 Å². The van der Waals surface area contributed by atoms with Crippen molar-refractivity contribution in [2.45, 2.75) is 112 Å². The van der Waals surface area contributed by atoms with Crippen LogP contribution in [0.1, 0.15) is 77.0 Å². The second-order valence-corrected chi connectivity index (χ2v) is 15.1. The van der Waals surface area contributed by atoms with Crippen molar-refractivity contribution >= 4 is 57.3 Å². The zero-order chi connectivity index (χ0) is 36.5. The molecular weight excluding hydrogens is 712 g/mol. The van der Waals surface area contributed by atoms with Crippen molar-refractivity contribution in [1.29, 1.82) is 0 Å². The summed E-state index contributed by atoms with van der Waals surface area (Å²) in [7, 11) is 2.72.